The predicted octanol–water partition coefficient (Wildman–Crippen LogP) is 2.81. The van der Waals surface area contributed by atoms with E-state index in [1.54, 1.807) is 0 Å². The molecule has 6 heteroatoms. The Kier molecular flexibility index (Phi) is 7.09. The van der Waals surface area contributed by atoms with Crippen molar-refractivity contribution < 1.29 is 14.6 Å². The third kappa shape index (κ3) is 15.7. The van der Waals surface area contributed by atoms with Gasteiger partial charge in [-0.2, -0.15) is 0 Å². The predicted molar refractivity (Wildman–Crippen MR) is 40.7 cm³/mol. The lowest BCUT2D eigenvalue weighted by molar-refractivity contribution is 0.0893. The maximum atomic E-state index is 9.54. The van der Waals surface area contributed by atoms with Crippen LogP contribution in [0.2, 0.25) is 0 Å². The second kappa shape index (κ2) is 5.65. The van der Waals surface area contributed by atoms with Gasteiger partial charge < -0.3 is 9.84 Å². The molecule has 3 nitrogen and oxygen atoms in total. The highest BCUT2D eigenvalue weighted by atomic mass is 35.6. The van der Waals surface area contributed by atoms with Crippen LogP contribution in [0.15, 0.2) is 13.2 Å². The van der Waals surface area contributed by atoms with Crippen molar-refractivity contribution in [2.45, 2.75) is 3.98 Å². The van der Waals surface area contributed by atoms with Crippen molar-refractivity contribution in [3.05, 3.63) is 13.2 Å². The van der Waals surface area contributed by atoms with E-state index < -0.39 is 10.1 Å². The summed E-state index contributed by atoms with van der Waals surface area (Å²) in [7, 11) is 0. The van der Waals surface area contributed by atoms with Gasteiger partial charge in [0.2, 0.25) is 0 Å². The SMILES string of the molecule is C=C.O=C(O)OC(Cl)(Cl)Cl. The third-order valence-corrected chi connectivity index (χ3v) is 0.434. The average Bonchev–Trinajstić information content (AvgIpc) is 1.64. The lowest BCUT2D eigenvalue weighted by Gasteiger charge is -2.06. The zero-order chi connectivity index (χ0) is 8.78. The summed E-state index contributed by atoms with van der Waals surface area (Å²) in [5.41, 5.74) is 0. The molecule has 0 aliphatic rings. The normalized spacial score (nSPS) is 9.10. The summed E-state index contributed by atoms with van der Waals surface area (Å²) in [6, 6.07) is 0. The first-order valence-corrected chi connectivity index (χ1v) is 3.04. The van der Waals surface area contributed by atoms with E-state index in [9.17, 15) is 4.79 Å². The number of ether oxygens (including phenoxy) is 1. The Morgan fingerprint density at radius 1 is 1.40 bits per heavy atom. The largest absolute Gasteiger partial charge is 0.509 e. The van der Waals surface area contributed by atoms with E-state index in [0.29, 0.717) is 0 Å². The second-order valence-electron chi connectivity index (χ2n) is 0.814. The van der Waals surface area contributed by atoms with Gasteiger partial charge in [0.25, 0.3) is 0 Å². The Balaban J connectivity index is 0. The van der Waals surface area contributed by atoms with Crippen LogP contribution in [0.4, 0.5) is 4.79 Å². The highest BCUT2D eigenvalue weighted by Crippen LogP contribution is 2.26. The van der Waals surface area contributed by atoms with Crippen molar-refractivity contribution in [1.82, 2.24) is 0 Å². The molecule has 0 spiro atoms. The number of hydrogen-bond acceptors (Lipinski definition) is 2. The maximum absolute atomic E-state index is 9.54. The van der Waals surface area contributed by atoms with E-state index in [2.05, 4.69) is 17.9 Å². The van der Waals surface area contributed by atoms with Crippen LogP contribution in [0, 0.1) is 0 Å². The standard InChI is InChI=1S/C2HCl3O3.C2H4/c3-2(4,5)8-1(6)7;1-2/h(H,6,7);1-2H2. The van der Waals surface area contributed by atoms with Gasteiger partial charge in [0.05, 0.1) is 0 Å². The summed E-state index contributed by atoms with van der Waals surface area (Å²) >= 11 is 14.6. The Morgan fingerprint density at radius 3 is 1.70 bits per heavy atom. The van der Waals surface area contributed by atoms with Crippen LogP contribution in [0.1, 0.15) is 0 Å². The smallest absolute Gasteiger partial charge is 0.450 e. The molecule has 0 unspecified atom stereocenters. The van der Waals surface area contributed by atoms with Gasteiger partial charge in [-0.3, -0.25) is 0 Å². The fourth-order valence-electron chi connectivity index (χ4n) is 0.0990. The molecule has 0 aliphatic heterocycles. The molecule has 0 radical (unpaired) electrons. The van der Waals surface area contributed by atoms with Crippen LogP contribution in [0.3, 0.4) is 0 Å². The van der Waals surface area contributed by atoms with Gasteiger partial charge in [-0.1, -0.05) is 0 Å². The molecule has 10 heavy (non-hydrogen) atoms. The van der Waals surface area contributed by atoms with Gasteiger partial charge >= 0.3 is 10.1 Å². The van der Waals surface area contributed by atoms with Gasteiger partial charge in [0, 0.05) is 0 Å². The molecule has 0 saturated carbocycles. The molecule has 0 aromatic heterocycles. The van der Waals surface area contributed by atoms with Crippen LogP contribution in [-0.4, -0.2) is 15.2 Å². The van der Waals surface area contributed by atoms with E-state index in [1.165, 1.54) is 0 Å². The summed E-state index contributed by atoms with van der Waals surface area (Å²) < 4.78 is 1.49. The van der Waals surface area contributed by atoms with Crippen LogP contribution in [-0.2, 0) is 4.74 Å². The fourth-order valence-corrected chi connectivity index (χ4v) is 0.297. The molecule has 0 fully saturated rings. The van der Waals surface area contributed by atoms with E-state index >= 15 is 0 Å². The number of rotatable bonds is 0. The number of hydrogen-bond donors (Lipinski definition) is 1. The molecule has 0 amide bonds. The molecule has 0 rings (SSSR count). The number of halogens is 3. The minimum Gasteiger partial charge on any atom is -0.450 e. The first kappa shape index (κ1) is 12.5. The highest BCUT2D eigenvalue weighted by Gasteiger charge is 2.24. The van der Waals surface area contributed by atoms with E-state index in [-0.39, 0.29) is 0 Å². The van der Waals surface area contributed by atoms with Crippen molar-refractivity contribution in [2.24, 2.45) is 0 Å². The topological polar surface area (TPSA) is 46.5 Å². The minimum atomic E-state index is -2.16. The van der Waals surface area contributed by atoms with Gasteiger partial charge in [-0.05, 0) is 34.8 Å². The molecule has 0 bridgehead atoms. The van der Waals surface area contributed by atoms with Crippen LogP contribution < -0.4 is 0 Å². The number of carboxylic acid groups (broad SMARTS) is 1. The molecular weight excluding hydrogens is 202 g/mol. The molecule has 0 aromatic carbocycles. The molecule has 0 heterocycles. The summed E-state index contributed by atoms with van der Waals surface area (Å²) in [4.78, 5) is 9.54. The lowest BCUT2D eigenvalue weighted by Crippen LogP contribution is -2.13. The minimum absolute atomic E-state index is 1.62. The number of carbonyl (C=O) groups is 1. The van der Waals surface area contributed by atoms with Crippen molar-refractivity contribution in [1.29, 1.82) is 0 Å². The van der Waals surface area contributed by atoms with Gasteiger partial charge in [-0.15, -0.1) is 13.2 Å². The summed E-state index contributed by atoms with van der Waals surface area (Å²) in [6.07, 6.45) is -1.62. The van der Waals surface area contributed by atoms with Crippen molar-refractivity contribution in [3.63, 3.8) is 0 Å². The number of alkyl halides is 3. The maximum Gasteiger partial charge on any atom is 0.509 e. The molecule has 1 N–H and O–H groups in total. The molecule has 60 valence electrons. The second-order valence-corrected chi connectivity index (χ2v) is 2.99. The average molecular weight is 207 g/mol. The van der Waals surface area contributed by atoms with Gasteiger partial charge in [0.1, 0.15) is 0 Å². The van der Waals surface area contributed by atoms with Crippen molar-refractivity contribution in [2.75, 3.05) is 0 Å². The Hall–Kier alpha value is -0.120. The van der Waals surface area contributed by atoms with E-state index in [0.717, 1.165) is 0 Å². The first-order valence-electron chi connectivity index (χ1n) is 1.90. The zero-order valence-electron chi connectivity index (χ0n) is 4.81. The molecule has 0 aromatic rings. The molecule has 0 saturated heterocycles. The summed E-state index contributed by atoms with van der Waals surface area (Å²) in [5.74, 6) is 0. The zero-order valence-corrected chi connectivity index (χ0v) is 7.08. The fraction of sp³-hybridized carbons (Fsp3) is 0.250. The molecular formula is C4H5Cl3O3. The molecule has 0 aliphatic carbocycles. The summed E-state index contributed by atoms with van der Waals surface area (Å²) in [6.45, 7) is 6.00. The Bertz CT molecular complexity index is 109. The Morgan fingerprint density at radius 2 is 1.70 bits per heavy atom. The third-order valence-electron chi connectivity index (χ3n) is 0.203. The highest BCUT2D eigenvalue weighted by molar-refractivity contribution is 6.66. The van der Waals surface area contributed by atoms with E-state index in [1.807, 2.05) is 0 Å². The monoisotopic (exact) mass is 206 g/mol. The quantitative estimate of drug-likeness (QED) is 0.377. The van der Waals surface area contributed by atoms with Crippen LogP contribution in [0.5, 0.6) is 0 Å². The summed E-state index contributed by atoms with van der Waals surface area (Å²) in [5, 5.41) is 7.77. The van der Waals surface area contributed by atoms with Gasteiger partial charge in [0.15, 0.2) is 0 Å². The lowest BCUT2D eigenvalue weighted by atomic mass is 11.3. The molecule has 0 atom stereocenters. The van der Waals surface area contributed by atoms with Crippen LogP contribution >= 0.6 is 34.8 Å². The van der Waals surface area contributed by atoms with Gasteiger partial charge in [-0.25, -0.2) is 4.79 Å². The van der Waals surface area contributed by atoms with Crippen molar-refractivity contribution >= 4 is 41.0 Å². The van der Waals surface area contributed by atoms with Crippen molar-refractivity contribution in [3.8, 4) is 0 Å². The van der Waals surface area contributed by atoms with E-state index in [4.69, 9.17) is 39.9 Å². The first-order chi connectivity index (χ1) is 4.42. The Labute approximate surface area is 73.1 Å². The van der Waals surface area contributed by atoms with Crippen LogP contribution in [0.25, 0.3) is 0 Å².